The van der Waals surface area contributed by atoms with E-state index in [1.54, 1.807) is 4.57 Å². The number of hydrogen-bond acceptors (Lipinski definition) is 7. The van der Waals surface area contributed by atoms with Gasteiger partial charge in [-0.2, -0.15) is 0 Å². The first-order valence-corrected chi connectivity index (χ1v) is 6.02. The number of halogens is 1. The Hall–Kier alpha value is -1.84. The Kier molecular flexibility index (Phi) is 3.04. The fourth-order valence-corrected chi connectivity index (χ4v) is 2.34. The third-order valence-electron chi connectivity index (χ3n) is 3.48. The van der Waals surface area contributed by atoms with Gasteiger partial charge in [0.1, 0.15) is 24.7 Å². The van der Waals surface area contributed by atoms with Gasteiger partial charge in [-0.1, -0.05) is 0 Å². The molecule has 3 rings (SSSR count). The van der Waals surface area contributed by atoms with Crippen LogP contribution in [0.5, 0.6) is 0 Å². The zero-order valence-electron chi connectivity index (χ0n) is 10.7. The molecular weight excluding hydrogens is 269 g/mol. The molecule has 2 aromatic heterocycles. The number of nitrogens with zero attached hydrogens (tertiary/aromatic N) is 4. The SMILES string of the molecule is CO[C@]1(CO)O[C@@H](n2cnc3c(N)ncnc32)CC1F. The van der Waals surface area contributed by atoms with Crippen molar-refractivity contribution in [3.63, 3.8) is 0 Å². The molecule has 0 spiro atoms. The molecule has 0 bridgehead atoms. The third-order valence-corrected chi connectivity index (χ3v) is 3.48. The molecule has 1 unspecified atom stereocenters. The fraction of sp³-hybridized carbons (Fsp3) is 0.545. The molecule has 9 heteroatoms. The predicted octanol–water partition coefficient (Wildman–Crippen LogP) is 0.000500. The summed E-state index contributed by atoms with van der Waals surface area (Å²) in [4.78, 5) is 12.0. The summed E-state index contributed by atoms with van der Waals surface area (Å²) in [5.41, 5.74) is 6.56. The minimum Gasteiger partial charge on any atom is -0.391 e. The molecule has 3 N–H and O–H groups in total. The Morgan fingerprint density at radius 2 is 2.40 bits per heavy atom. The van der Waals surface area contributed by atoms with Crippen LogP contribution in [-0.4, -0.2) is 50.3 Å². The van der Waals surface area contributed by atoms with Crippen molar-refractivity contribution in [2.75, 3.05) is 19.5 Å². The lowest BCUT2D eigenvalue weighted by atomic mass is 10.1. The standard InChI is InChI=1S/C11H14FN5O3/c1-19-11(3-18)6(12)2-7(20-11)17-5-16-8-9(13)14-4-15-10(8)17/h4-7,18H,2-3H2,1H3,(H2,13,14,15)/t6?,7-,11-/m1/s1. The molecule has 108 valence electrons. The van der Waals surface area contributed by atoms with Gasteiger partial charge in [-0.3, -0.25) is 4.57 Å². The topological polar surface area (TPSA) is 108 Å². The summed E-state index contributed by atoms with van der Waals surface area (Å²) < 4.78 is 26.1. The van der Waals surface area contributed by atoms with Crippen LogP contribution in [0.25, 0.3) is 11.2 Å². The minimum absolute atomic E-state index is 0.0176. The molecule has 0 saturated carbocycles. The lowest BCUT2D eigenvalue weighted by Crippen LogP contribution is -2.42. The van der Waals surface area contributed by atoms with Crippen molar-refractivity contribution in [1.29, 1.82) is 0 Å². The van der Waals surface area contributed by atoms with Crippen molar-refractivity contribution in [2.24, 2.45) is 0 Å². The van der Waals surface area contributed by atoms with E-state index in [0.717, 1.165) is 0 Å². The van der Waals surface area contributed by atoms with Crippen LogP contribution in [0.2, 0.25) is 0 Å². The monoisotopic (exact) mass is 283 g/mol. The van der Waals surface area contributed by atoms with Crippen LogP contribution < -0.4 is 5.73 Å². The molecule has 3 atom stereocenters. The fourth-order valence-electron chi connectivity index (χ4n) is 2.34. The highest BCUT2D eigenvalue weighted by Crippen LogP contribution is 2.40. The summed E-state index contributed by atoms with van der Waals surface area (Å²) in [7, 11) is 1.29. The van der Waals surface area contributed by atoms with E-state index in [4.69, 9.17) is 15.2 Å². The summed E-state index contributed by atoms with van der Waals surface area (Å²) >= 11 is 0. The van der Waals surface area contributed by atoms with Crippen LogP contribution in [-0.2, 0) is 9.47 Å². The first kappa shape index (κ1) is 13.2. The summed E-state index contributed by atoms with van der Waals surface area (Å²) in [5, 5.41) is 9.30. The first-order valence-electron chi connectivity index (χ1n) is 6.02. The molecule has 0 amide bonds. The van der Waals surface area contributed by atoms with Gasteiger partial charge in [-0.25, -0.2) is 19.3 Å². The summed E-state index contributed by atoms with van der Waals surface area (Å²) in [6.45, 7) is -0.578. The highest BCUT2D eigenvalue weighted by atomic mass is 19.1. The van der Waals surface area contributed by atoms with Crippen molar-refractivity contribution in [1.82, 2.24) is 19.5 Å². The molecule has 1 fully saturated rings. The number of anilines is 1. The van der Waals surface area contributed by atoms with Gasteiger partial charge in [0.05, 0.1) is 6.33 Å². The Balaban J connectivity index is 1.99. The van der Waals surface area contributed by atoms with Gasteiger partial charge in [0.15, 0.2) is 17.6 Å². The number of hydrogen-bond donors (Lipinski definition) is 2. The van der Waals surface area contributed by atoms with Gasteiger partial charge >= 0.3 is 0 Å². The molecule has 0 radical (unpaired) electrons. The Morgan fingerprint density at radius 3 is 3.05 bits per heavy atom. The number of alkyl halides is 1. The molecule has 0 aromatic carbocycles. The normalized spacial score (nSPS) is 30.1. The number of nitrogens with two attached hydrogens (primary N) is 1. The highest BCUT2D eigenvalue weighted by molar-refractivity contribution is 5.81. The molecule has 20 heavy (non-hydrogen) atoms. The van der Waals surface area contributed by atoms with E-state index in [0.29, 0.717) is 11.2 Å². The van der Waals surface area contributed by atoms with Crippen LogP contribution in [0.4, 0.5) is 10.2 Å². The number of methoxy groups -OCH3 is 1. The van der Waals surface area contributed by atoms with Gasteiger partial charge < -0.3 is 20.3 Å². The number of fused-ring (bicyclic) bond motifs is 1. The molecule has 0 aliphatic carbocycles. The second kappa shape index (κ2) is 4.62. The number of imidazole rings is 1. The van der Waals surface area contributed by atoms with Gasteiger partial charge in [0.2, 0.25) is 5.79 Å². The average Bonchev–Trinajstić information content (AvgIpc) is 3.01. The number of rotatable bonds is 3. The summed E-state index contributed by atoms with van der Waals surface area (Å²) in [5.74, 6) is -1.41. The number of aliphatic hydroxyl groups excluding tert-OH is 1. The van der Waals surface area contributed by atoms with E-state index in [1.165, 1.54) is 19.8 Å². The number of nitrogen functional groups attached to an aromatic ring is 1. The van der Waals surface area contributed by atoms with Crippen LogP contribution in [0.15, 0.2) is 12.7 Å². The third kappa shape index (κ3) is 1.74. The van der Waals surface area contributed by atoms with E-state index in [1.807, 2.05) is 0 Å². The van der Waals surface area contributed by atoms with E-state index in [-0.39, 0.29) is 12.2 Å². The van der Waals surface area contributed by atoms with Gasteiger partial charge in [0.25, 0.3) is 0 Å². The second-order valence-corrected chi connectivity index (χ2v) is 4.53. The lowest BCUT2D eigenvalue weighted by Gasteiger charge is -2.26. The largest absolute Gasteiger partial charge is 0.391 e. The molecule has 1 aliphatic heterocycles. The predicted molar refractivity (Wildman–Crippen MR) is 66.2 cm³/mol. The van der Waals surface area contributed by atoms with E-state index in [9.17, 15) is 9.50 Å². The number of aromatic nitrogens is 4. The van der Waals surface area contributed by atoms with Gasteiger partial charge in [-0.15, -0.1) is 0 Å². The summed E-state index contributed by atoms with van der Waals surface area (Å²) in [6.07, 6.45) is 0.628. The zero-order chi connectivity index (χ0) is 14.3. The average molecular weight is 283 g/mol. The molecule has 1 saturated heterocycles. The maximum atomic E-state index is 14.1. The number of ether oxygens (including phenoxy) is 2. The number of aliphatic hydroxyl groups is 1. The Labute approximate surface area is 113 Å². The summed E-state index contributed by atoms with van der Waals surface area (Å²) in [6, 6.07) is 0. The quantitative estimate of drug-likeness (QED) is 0.816. The van der Waals surface area contributed by atoms with Crippen molar-refractivity contribution in [2.45, 2.75) is 24.6 Å². The minimum atomic E-state index is -1.65. The first-order chi connectivity index (χ1) is 9.61. The van der Waals surface area contributed by atoms with E-state index < -0.39 is 24.8 Å². The van der Waals surface area contributed by atoms with Crippen LogP contribution in [0.3, 0.4) is 0 Å². The highest BCUT2D eigenvalue weighted by Gasteiger charge is 2.50. The zero-order valence-corrected chi connectivity index (χ0v) is 10.7. The van der Waals surface area contributed by atoms with Crippen LogP contribution >= 0.6 is 0 Å². The molecule has 1 aliphatic rings. The van der Waals surface area contributed by atoms with Crippen LogP contribution in [0.1, 0.15) is 12.6 Å². The van der Waals surface area contributed by atoms with Crippen molar-refractivity contribution in [3.8, 4) is 0 Å². The maximum Gasteiger partial charge on any atom is 0.225 e. The van der Waals surface area contributed by atoms with Crippen molar-refractivity contribution < 1.29 is 19.0 Å². The van der Waals surface area contributed by atoms with E-state index in [2.05, 4.69) is 15.0 Å². The Morgan fingerprint density at radius 1 is 1.60 bits per heavy atom. The molecule has 3 heterocycles. The van der Waals surface area contributed by atoms with Gasteiger partial charge in [0, 0.05) is 13.5 Å². The molecule has 2 aromatic rings. The van der Waals surface area contributed by atoms with Crippen molar-refractivity contribution >= 4 is 17.0 Å². The van der Waals surface area contributed by atoms with E-state index >= 15 is 0 Å². The van der Waals surface area contributed by atoms with Gasteiger partial charge in [-0.05, 0) is 0 Å². The smallest absolute Gasteiger partial charge is 0.225 e. The van der Waals surface area contributed by atoms with Crippen LogP contribution in [0, 0.1) is 0 Å². The molecule has 8 nitrogen and oxygen atoms in total. The lowest BCUT2D eigenvalue weighted by molar-refractivity contribution is -0.259. The maximum absolute atomic E-state index is 14.1. The molecular formula is C11H14FN5O3. The Bertz CT molecular complexity index is 630. The second-order valence-electron chi connectivity index (χ2n) is 4.53. The van der Waals surface area contributed by atoms with Crippen molar-refractivity contribution in [3.05, 3.63) is 12.7 Å².